The van der Waals surface area contributed by atoms with Gasteiger partial charge in [-0.3, -0.25) is 14.2 Å². The van der Waals surface area contributed by atoms with E-state index in [1.165, 1.54) is 7.11 Å². The quantitative estimate of drug-likeness (QED) is 0.348. The Morgan fingerprint density at radius 2 is 2.11 bits per heavy atom. The lowest BCUT2D eigenvalue weighted by molar-refractivity contribution is 0.398. The van der Waals surface area contributed by atoms with E-state index in [0.29, 0.717) is 46.1 Å². The summed E-state index contributed by atoms with van der Waals surface area (Å²) in [5.41, 5.74) is 3.82. The molecule has 0 unspecified atom stereocenters. The molecule has 6 rings (SSSR count). The Hall–Kier alpha value is -4.16. The zero-order chi connectivity index (χ0) is 25.0. The molecule has 0 radical (unpaired) electrons. The van der Waals surface area contributed by atoms with Crippen LogP contribution in [0.4, 0.5) is 0 Å². The summed E-state index contributed by atoms with van der Waals surface area (Å²) < 4.78 is 11.0. The van der Waals surface area contributed by atoms with E-state index in [1.807, 2.05) is 46.6 Å². The van der Waals surface area contributed by atoms with Gasteiger partial charge in [0.2, 0.25) is 5.88 Å². The van der Waals surface area contributed by atoms with Crippen LogP contribution in [0.15, 0.2) is 47.5 Å². The van der Waals surface area contributed by atoms with Gasteiger partial charge in [-0.25, -0.2) is 4.79 Å². The molecule has 1 aliphatic rings. The van der Waals surface area contributed by atoms with E-state index in [0.717, 1.165) is 35.2 Å². The molecule has 36 heavy (non-hydrogen) atoms. The van der Waals surface area contributed by atoms with Crippen LogP contribution >= 0.6 is 11.6 Å². The van der Waals surface area contributed by atoms with Crippen LogP contribution in [0.25, 0.3) is 33.3 Å². The van der Waals surface area contributed by atoms with Crippen LogP contribution in [0.5, 0.6) is 5.88 Å². The summed E-state index contributed by atoms with van der Waals surface area (Å²) in [6.07, 6.45) is 5.66. The number of para-hydroxylation sites is 1. The maximum absolute atomic E-state index is 13.0. The third kappa shape index (κ3) is 3.62. The molecule has 180 valence electrons. The first-order chi connectivity index (χ1) is 17.5. The number of hydrogen-bond acceptors (Lipinski definition) is 6. The van der Waals surface area contributed by atoms with Crippen LogP contribution in [0, 0.1) is 17.2 Å². The molecule has 4 heterocycles. The van der Waals surface area contributed by atoms with Crippen molar-refractivity contribution in [3.05, 3.63) is 69.4 Å². The number of aryl methyl sites for hydroxylation is 1. The van der Waals surface area contributed by atoms with Crippen molar-refractivity contribution in [2.75, 3.05) is 7.11 Å². The first-order valence-electron chi connectivity index (χ1n) is 11.6. The number of pyridine rings is 1. The highest BCUT2D eigenvalue weighted by Gasteiger charge is 2.28. The second kappa shape index (κ2) is 8.50. The highest BCUT2D eigenvalue weighted by atomic mass is 35.5. The van der Waals surface area contributed by atoms with Gasteiger partial charge >= 0.3 is 5.69 Å². The van der Waals surface area contributed by atoms with Crippen LogP contribution in [0.2, 0.25) is 5.02 Å². The number of fused-ring (bicyclic) bond motifs is 2. The molecule has 4 aromatic heterocycles. The summed E-state index contributed by atoms with van der Waals surface area (Å²) in [5, 5.41) is 16.6. The van der Waals surface area contributed by atoms with E-state index in [2.05, 4.69) is 16.0 Å². The summed E-state index contributed by atoms with van der Waals surface area (Å²) in [6, 6.07) is 11.6. The van der Waals surface area contributed by atoms with Crippen molar-refractivity contribution in [1.82, 2.24) is 28.9 Å². The molecule has 0 bridgehead atoms. The molecule has 5 aromatic rings. The Morgan fingerprint density at radius 1 is 1.28 bits per heavy atom. The third-order valence-electron chi connectivity index (χ3n) is 6.67. The van der Waals surface area contributed by atoms with Crippen molar-refractivity contribution >= 4 is 33.5 Å². The highest BCUT2D eigenvalue weighted by molar-refractivity contribution is 6.35. The number of rotatable bonds is 6. The molecule has 10 heteroatoms. The van der Waals surface area contributed by atoms with Crippen molar-refractivity contribution in [3.8, 4) is 23.3 Å². The van der Waals surface area contributed by atoms with Gasteiger partial charge in [0.25, 0.3) is 0 Å². The number of nitrogens with zero attached hydrogens (tertiary/aromatic N) is 7. The van der Waals surface area contributed by atoms with Gasteiger partial charge < -0.3 is 9.30 Å². The SMILES string of the molecule is COc1nc(=O)n(CC2CC2)c2nn(Cc3ccnc4c(Cl)cccc34)c(-c3cc(C#N)cn3C)c12. The average Bonchev–Trinajstić information content (AvgIpc) is 3.52. The highest BCUT2D eigenvalue weighted by Crippen LogP contribution is 2.37. The molecule has 1 aromatic carbocycles. The fourth-order valence-electron chi connectivity index (χ4n) is 4.73. The molecule has 0 spiro atoms. The van der Waals surface area contributed by atoms with Crippen molar-refractivity contribution in [2.24, 2.45) is 13.0 Å². The van der Waals surface area contributed by atoms with Crippen LogP contribution in [-0.4, -0.2) is 36.0 Å². The summed E-state index contributed by atoms with van der Waals surface area (Å²) in [7, 11) is 3.37. The predicted octanol–water partition coefficient (Wildman–Crippen LogP) is 4.14. The van der Waals surface area contributed by atoms with Crippen LogP contribution < -0.4 is 10.4 Å². The minimum atomic E-state index is -0.381. The third-order valence-corrected chi connectivity index (χ3v) is 6.98. The van der Waals surface area contributed by atoms with E-state index >= 15 is 0 Å². The Kier molecular flexibility index (Phi) is 5.27. The van der Waals surface area contributed by atoms with Crippen molar-refractivity contribution < 1.29 is 4.74 Å². The van der Waals surface area contributed by atoms with Crippen LogP contribution in [-0.2, 0) is 20.1 Å². The van der Waals surface area contributed by atoms with Gasteiger partial charge in [-0.05, 0) is 42.5 Å². The summed E-state index contributed by atoms with van der Waals surface area (Å²) in [6.45, 7) is 0.949. The molecule has 1 fully saturated rings. The predicted molar refractivity (Wildman–Crippen MR) is 136 cm³/mol. The zero-order valence-corrected chi connectivity index (χ0v) is 20.5. The number of nitriles is 1. The lowest BCUT2D eigenvalue weighted by atomic mass is 10.1. The molecule has 0 atom stereocenters. The van der Waals surface area contributed by atoms with E-state index in [1.54, 1.807) is 17.0 Å². The molecular weight excluding hydrogens is 478 g/mol. The maximum Gasteiger partial charge on any atom is 0.352 e. The van der Waals surface area contributed by atoms with Gasteiger partial charge in [0.05, 0.1) is 35.5 Å². The van der Waals surface area contributed by atoms with Crippen molar-refractivity contribution in [1.29, 1.82) is 5.26 Å². The summed E-state index contributed by atoms with van der Waals surface area (Å²) >= 11 is 6.41. The van der Waals surface area contributed by atoms with Crippen molar-refractivity contribution in [3.63, 3.8) is 0 Å². The topological polar surface area (TPSA) is 104 Å². The Bertz CT molecular complexity index is 1750. The van der Waals surface area contributed by atoms with Gasteiger partial charge in [0.1, 0.15) is 17.1 Å². The molecule has 1 aliphatic carbocycles. The molecule has 0 saturated heterocycles. The standard InChI is InChI=1S/C26H22ClN7O2/c1-32-12-16(11-28)10-20(32)23-21-24(33(13-15-6-7-15)26(35)30-25(21)36-2)31-34(23)14-17-8-9-29-22-18(17)4-3-5-19(22)27/h3-5,8-10,12,15H,6-7,13-14H2,1-2H3. The smallest absolute Gasteiger partial charge is 0.352 e. The molecule has 0 amide bonds. The Balaban J connectivity index is 1.65. The van der Waals surface area contributed by atoms with Gasteiger partial charge in [0, 0.05) is 31.4 Å². The Labute approximate surface area is 211 Å². The van der Waals surface area contributed by atoms with E-state index in [4.69, 9.17) is 21.4 Å². The Morgan fingerprint density at radius 3 is 2.83 bits per heavy atom. The molecule has 9 nitrogen and oxygen atoms in total. The number of halogens is 1. The molecule has 1 saturated carbocycles. The van der Waals surface area contributed by atoms with E-state index in [9.17, 15) is 10.1 Å². The second-order valence-electron chi connectivity index (χ2n) is 9.11. The fourth-order valence-corrected chi connectivity index (χ4v) is 4.96. The number of aromatic nitrogens is 6. The number of methoxy groups -OCH3 is 1. The van der Waals surface area contributed by atoms with Crippen LogP contribution in [0.1, 0.15) is 24.0 Å². The first kappa shape index (κ1) is 22.3. The lowest BCUT2D eigenvalue weighted by Gasteiger charge is -2.12. The summed E-state index contributed by atoms with van der Waals surface area (Å²) in [5.74, 6) is 0.659. The van der Waals surface area contributed by atoms with Gasteiger partial charge in [-0.1, -0.05) is 23.7 Å². The largest absolute Gasteiger partial charge is 0.480 e. The second-order valence-corrected chi connectivity index (χ2v) is 9.51. The van der Waals surface area contributed by atoms with E-state index < -0.39 is 0 Å². The maximum atomic E-state index is 13.0. The molecule has 0 N–H and O–H groups in total. The van der Waals surface area contributed by atoms with Gasteiger partial charge in [-0.15, -0.1) is 0 Å². The minimum absolute atomic E-state index is 0.214. The molecule has 0 aliphatic heterocycles. The van der Waals surface area contributed by atoms with E-state index in [-0.39, 0.29) is 11.6 Å². The molecular formula is C26H22ClN7O2. The number of benzene rings is 1. The summed E-state index contributed by atoms with van der Waals surface area (Å²) in [4.78, 5) is 21.7. The van der Waals surface area contributed by atoms with Gasteiger partial charge in [-0.2, -0.15) is 15.3 Å². The monoisotopic (exact) mass is 499 g/mol. The first-order valence-corrected chi connectivity index (χ1v) is 12.0. The normalized spacial score (nSPS) is 13.4. The lowest BCUT2D eigenvalue weighted by Crippen LogP contribution is -2.24. The minimum Gasteiger partial charge on any atom is -0.480 e. The number of ether oxygens (including phenoxy) is 1. The fraction of sp³-hybridized carbons (Fsp3) is 0.269. The van der Waals surface area contributed by atoms with Crippen LogP contribution in [0.3, 0.4) is 0 Å². The zero-order valence-electron chi connectivity index (χ0n) is 19.8. The van der Waals surface area contributed by atoms with Gasteiger partial charge in [0.15, 0.2) is 5.65 Å². The number of hydrogen-bond donors (Lipinski definition) is 0. The average molecular weight is 500 g/mol. The van der Waals surface area contributed by atoms with Crippen molar-refractivity contribution in [2.45, 2.75) is 25.9 Å².